The van der Waals surface area contributed by atoms with Crippen molar-refractivity contribution < 1.29 is 9.59 Å². The summed E-state index contributed by atoms with van der Waals surface area (Å²) >= 11 is 0. The average molecular weight is 347 g/mol. The van der Waals surface area contributed by atoms with Gasteiger partial charge in [0.15, 0.2) is 0 Å². The van der Waals surface area contributed by atoms with Crippen LogP contribution >= 0.6 is 0 Å². The highest BCUT2D eigenvalue weighted by Gasteiger charge is 2.31. The lowest BCUT2D eigenvalue weighted by molar-refractivity contribution is -0.122. The van der Waals surface area contributed by atoms with Crippen LogP contribution in [0.15, 0.2) is 61.2 Å². The number of nitrogens with zero attached hydrogens (tertiary/aromatic N) is 3. The minimum absolute atomic E-state index is 0.115. The molecule has 0 saturated carbocycles. The Hall–Kier alpha value is -3.48. The molecule has 3 aromatic rings. The van der Waals surface area contributed by atoms with E-state index in [-0.39, 0.29) is 18.2 Å². The molecule has 1 aliphatic heterocycles. The Morgan fingerprint density at radius 1 is 1.15 bits per heavy atom. The molecular formula is C19H17N5O2. The third kappa shape index (κ3) is 3.32. The molecule has 7 nitrogen and oxygen atoms in total. The summed E-state index contributed by atoms with van der Waals surface area (Å²) in [7, 11) is 0. The van der Waals surface area contributed by atoms with Gasteiger partial charge in [-0.15, -0.1) is 0 Å². The molecule has 2 N–H and O–H groups in total. The number of fused-ring (bicyclic) bond motifs is 1. The largest absolute Gasteiger partial charge is 0.326 e. The van der Waals surface area contributed by atoms with E-state index in [0.717, 1.165) is 16.8 Å². The molecule has 0 fully saturated rings. The Balaban J connectivity index is 1.38. The van der Waals surface area contributed by atoms with E-state index in [9.17, 15) is 9.59 Å². The Labute approximate surface area is 150 Å². The lowest BCUT2D eigenvalue weighted by Gasteiger charge is -2.10. The van der Waals surface area contributed by atoms with Gasteiger partial charge in [0.1, 0.15) is 12.7 Å². The molecule has 0 aliphatic carbocycles. The maximum Gasteiger partial charge on any atom is 0.232 e. The van der Waals surface area contributed by atoms with Crippen molar-refractivity contribution in [3.63, 3.8) is 0 Å². The molecule has 1 aliphatic rings. The predicted molar refractivity (Wildman–Crippen MR) is 96.6 cm³/mol. The third-order valence-corrected chi connectivity index (χ3v) is 4.35. The van der Waals surface area contributed by atoms with Crippen LogP contribution in [0.1, 0.15) is 23.5 Å². The monoisotopic (exact) mass is 347 g/mol. The van der Waals surface area contributed by atoms with E-state index in [2.05, 4.69) is 20.7 Å². The molecule has 0 radical (unpaired) electrons. The van der Waals surface area contributed by atoms with Crippen LogP contribution in [-0.2, 0) is 16.1 Å². The van der Waals surface area contributed by atoms with Crippen molar-refractivity contribution >= 4 is 23.2 Å². The molecule has 0 saturated heterocycles. The maximum absolute atomic E-state index is 12.4. The first-order valence-electron chi connectivity index (χ1n) is 8.30. The zero-order valence-corrected chi connectivity index (χ0v) is 13.9. The van der Waals surface area contributed by atoms with Gasteiger partial charge in [-0.2, -0.15) is 5.10 Å². The summed E-state index contributed by atoms with van der Waals surface area (Å²) in [6, 6.07) is 15.0. The Morgan fingerprint density at radius 2 is 1.96 bits per heavy atom. The summed E-state index contributed by atoms with van der Waals surface area (Å²) in [5.74, 6) is -0.770. The number of hydrogen-bond donors (Lipinski definition) is 2. The van der Waals surface area contributed by atoms with Crippen LogP contribution in [0.2, 0.25) is 0 Å². The quantitative estimate of drug-likeness (QED) is 0.742. The van der Waals surface area contributed by atoms with Crippen LogP contribution in [0.5, 0.6) is 0 Å². The molecule has 26 heavy (non-hydrogen) atoms. The minimum atomic E-state index is -0.446. The molecule has 1 atom stereocenters. The lowest BCUT2D eigenvalue weighted by atomic mass is 9.97. The van der Waals surface area contributed by atoms with Crippen molar-refractivity contribution in [2.75, 3.05) is 10.6 Å². The fourth-order valence-electron chi connectivity index (χ4n) is 3.07. The van der Waals surface area contributed by atoms with E-state index >= 15 is 0 Å². The number of rotatable bonds is 5. The standard InChI is InChI=1S/C19H17N5O2/c25-18(9-16-15-3-1-2-4-17(15)23-19(16)26)22-14-7-5-13(6-8-14)10-24-12-20-11-21-24/h1-8,11-12,16H,9-10H2,(H,22,25)(H,23,26)/t16-/m1/s1. The first-order valence-corrected chi connectivity index (χ1v) is 8.30. The predicted octanol–water partition coefficient (Wildman–Crippen LogP) is 2.39. The topological polar surface area (TPSA) is 88.9 Å². The summed E-state index contributed by atoms with van der Waals surface area (Å²) in [6.07, 6.45) is 3.26. The zero-order valence-electron chi connectivity index (χ0n) is 13.9. The van der Waals surface area contributed by atoms with Crippen molar-refractivity contribution in [1.29, 1.82) is 0 Å². The Bertz CT molecular complexity index is 935. The first-order chi connectivity index (χ1) is 12.7. The number of amides is 2. The SMILES string of the molecule is O=C(C[C@H]1C(=O)Nc2ccccc21)Nc1ccc(Cn2cncn2)cc1. The van der Waals surface area contributed by atoms with Crippen LogP contribution in [-0.4, -0.2) is 26.6 Å². The second kappa shape index (κ2) is 6.79. The van der Waals surface area contributed by atoms with Crippen molar-refractivity contribution in [2.45, 2.75) is 18.9 Å². The number of nitrogens with one attached hydrogen (secondary N) is 2. The van der Waals surface area contributed by atoms with E-state index in [1.54, 1.807) is 11.0 Å². The smallest absolute Gasteiger partial charge is 0.232 e. The molecule has 2 amide bonds. The van der Waals surface area contributed by atoms with Crippen LogP contribution in [0.25, 0.3) is 0 Å². The van der Waals surface area contributed by atoms with Gasteiger partial charge in [-0.3, -0.25) is 9.59 Å². The second-order valence-electron chi connectivity index (χ2n) is 6.17. The van der Waals surface area contributed by atoms with Crippen molar-refractivity contribution in [3.8, 4) is 0 Å². The van der Waals surface area contributed by atoms with Gasteiger partial charge < -0.3 is 10.6 Å². The van der Waals surface area contributed by atoms with Crippen molar-refractivity contribution in [2.24, 2.45) is 0 Å². The number of hydrogen-bond acceptors (Lipinski definition) is 4. The number of carbonyl (C=O) groups excluding carboxylic acids is 2. The molecule has 0 spiro atoms. The number of benzene rings is 2. The highest BCUT2D eigenvalue weighted by molar-refractivity contribution is 6.06. The van der Waals surface area contributed by atoms with E-state index in [4.69, 9.17) is 0 Å². The van der Waals surface area contributed by atoms with Crippen LogP contribution in [0.4, 0.5) is 11.4 Å². The average Bonchev–Trinajstić information content (AvgIpc) is 3.25. The molecule has 1 aromatic heterocycles. The van der Waals surface area contributed by atoms with Gasteiger partial charge in [0.05, 0.1) is 12.5 Å². The van der Waals surface area contributed by atoms with Gasteiger partial charge in [0.25, 0.3) is 0 Å². The number of anilines is 2. The van der Waals surface area contributed by atoms with E-state index < -0.39 is 5.92 Å². The molecule has 7 heteroatoms. The highest BCUT2D eigenvalue weighted by atomic mass is 16.2. The van der Waals surface area contributed by atoms with Gasteiger partial charge in [-0.1, -0.05) is 30.3 Å². The zero-order chi connectivity index (χ0) is 17.9. The van der Waals surface area contributed by atoms with Gasteiger partial charge in [-0.05, 0) is 29.3 Å². The molecular weight excluding hydrogens is 330 g/mol. The summed E-state index contributed by atoms with van der Waals surface area (Å²) in [4.78, 5) is 28.4. The summed E-state index contributed by atoms with van der Waals surface area (Å²) in [5.41, 5.74) is 3.41. The van der Waals surface area contributed by atoms with Crippen molar-refractivity contribution in [3.05, 3.63) is 72.3 Å². The van der Waals surface area contributed by atoms with Gasteiger partial charge in [-0.25, -0.2) is 9.67 Å². The van der Waals surface area contributed by atoms with E-state index in [0.29, 0.717) is 12.2 Å². The molecule has 0 unspecified atom stereocenters. The number of aromatic nitrogens is 3. The van der Waals surface area contributed by atoms with Gasteiger partial charge >= 0.3 is 0 Å². The Kier molecular flexibility index (Phi) is 4.18. The normalized spacial score (nSPS) is 15.4. The van der Waals surface area contributed by atoms with Gasteiger partial charge in [0.2, 0.25) is 11.8 Å². The Morgan fingerprint density at radius 3 is 2.73 bits per heavy atom. The molecule has 2 heterocycles. The van der Waals surface area contributed by atoms with Crippen molar-refractivity contribution in [1.82, 2.24) is 14.8 Å². The number of para-hydroxylation sites is 1. The highest BCUT2D eigenvalue weighted by Crippen LogP contribution is 2.34. The molecule has 0 bridgehead atoms. The lowest BCUT2D eigenvalue weighted by Crippen LogP contribution is -2.20. The fraction of sp³-hybridized carbons (Fsp3) is 0.158. The summed E-state index contributed by atoms with van der Waals surface area (Å²) in [5, 5.41) is 9.73. The summed E-state index contributed by atoms with van der Waals surface area (Å²) < 4.78 is 1.73. The minimum Gasteiger partial charge on any atom is -0.326 e. The maximum atomic E-state index is 12.4. The number of carbonyl (C=O) groups is 2. The molecule has 130 valence electrons. The van der Waals surface area contributed by atoms with E-state index in [1.165, 1.54) is 6.33 Å². The van der Waals surface area contributed by atoms with E-state index in [1.807, 2.05) is 48.5 Å². The first kappa shape index (κ1) is 16.0. The second-order valence-corrected chi connectivity index (χ2v) is 6.17. The fourth-order valence-corrected chi connectivity index (χ4v) is 3.07. The van der Waals surface area contributed by atoms with Crippen LogP contribution in [0.3, 0.4) is 0 Å². The third-order valence-electron chi connectivity index (χ3n) is 4.35. The molecule has 4 rings (SSSR count). The van der Waals surface area contributed by atoms with Crippen LogP contribution < -0.4 is 10.6 Å². The van der Waals surface area contributed by atoms with Crippen LogP contribution in [0, 0.1) is 0 Å². The molecule has 2 aromatic carbocycles. The summed E-state index contributed by atoms with van der Waals surface area (Å²) in [6.45, 7) is 0.618. The van der Waals surface area contributed by atoms with Gasteiger partial charge in [0, 0.05) is 17.8 Å².